The van der Waals surface area contributed by atoms with Crippen molar-refractivity contribution in [3.05, 3.63) is 54.1 Å². The number of benzene rings is 2. The van der Waals surface area contributed by atoms with Crippen molar-refractivity contribution in [3.8, 4) is 16.9 Å². The maximum Gasteiger partial charge on any atom is 0.412 e. The summed E-state index contributed by atoms with van der Waals surface area (Å²) >= 11 is 0. The molecule has 9 nitrogen and oxygen atoms in total. The van der Waals surface area contributed by atoms with Gasteiger partial charge in [-0.15, -0.1) is 0 Å². The minimum atomic E-state index is -0.686. The number of nitrogens with one attached hydrogen (secondary N) is 3. The molecule has 3 N–H and O–H groups in total. The molecular formula is C27H31N3O6. The maximum atomic E-state index is 12.3. The topological polar surface area (TPSA) is 127 Å². The van der Waals surface area contributed by atoms with Gasteiger partial charge in [0.2, 0.25) is 5.91 Å². The molecular weight excluding hydrogens is 462 g/mol. The predicted octanol–water partition coefficient (Wildman–Crippen LogP) is 3.79. The summed E-state index contributed by atoms with van der Waals surface area (Å²) in [5.74, 6) is -0.145. The number of amidine groups is 1. The van der Waals surface area contributed by atoms with E-state index in [4.69, 9.17) is 14.9 Å². The summed E-state index contributed by atoms with van der Waals surface area (Å²) in [5, 5.41) is 13.2. The Morgan fingerprint density at radius 3 is 2.31 bits per heavy atom. The lowest BCUT2D eigenvalue weighted by atomic mass is 10.0. The second-order valence-corrected chi connectivity index (χ2v) is 9.14. The lowest BCUT2D eigenvalue weighted by Crippen LogP contribution is -2.31. The molecule has 2 aromatic carbocycles. The van der Waals surface area contributed by atoms with Crippen LogP contribution in [0.5, 0.6) is 5.75 Å². The van der Waals surface area contributed by atoms with Gasteiger partial charge in [-0.3, -0.25) is 20.3 Å². The van der Waals surface area contributed by atoms with Crippen molar-refractivity contribution < 1.29 is 28.6 Å². The van der Waals surface area contributed by atoms with Gasteiger partial charge >= 0.3 is 12.1 Å². The Balaban J connectivity index is 1.24. The molecule has 1 heterocycles. The molecule has 0 unspecified atom stereocenters. The molecule has 2 fully saturated rings. The molecule has 2 aliphatic rings. The Morgan fingerprint density at radius 1 is 1.03 bits per heavy atom. The normalized spacial score (nSPS) is 19.4. The Kier molecular flexibility index (Phi) is 8.20. The van der Waals surface area contributed by atoms with Gasteiger partial charge in [0, 0.05) is 5.56 Å². The summed E-state index contributed by atoms with van der Waals surface area (Å²) in [6.45, 7) is 0.323. The predicted molar refractivity (Wildman–Crippen MR) is 133 cm³/mol. The van der Waals surface area contributed by atoms with Gasteiger partial charge in [-0.25, -0.2) is 4.79 Å². The summed E-state index contributed by atoms with van der Waals surface area (Å²) in [7, 11) is 1.25. The molecule has 190 valence electrons. The van der Waals surface area contributed by atoms with Crippen LogP contribution >= 0.6 is 0 Å². The molecule has 1 aliphatic heterocycles. The summed E-state index contributed by atoms with van der Waals surface area (Å²) in [5.41, 5.74) is 2.48. The van der Waals surface area contributed by atoms with Crippen molar-refractivity contribution in [2.75, 3.05) is 13.7 Å². The number of carbonyl (C=O) groups excluding carboxylic acids is 3. The van der Waals surface area contributed by atoms with E-state index in [0.29, 0.717) is 24.3 Å². The van der Waals surface area contributed by atoms with Crippen LogP contribution in [0.2, 0.25) is 0 Å². The first-order chi connectivity index (χ1) is 17.4. The molecule has 0 radical (unpaired) electrons. The first-order valence-electron chi connectivity index (χ1n) is 12.2. The molecule has 2 aromatic rings. The SMILES string of the molecule is COC(=O)NC(=N)c1ccc(-c2ccc(OC[C@@H]3C[C@@H](CC(=O)OC4CCCC4)C(=O)N3)cc2)cc1. The van der Waals surface area contributed by atoms with Crippen molar-refractivity contribution >= 4 is 23.8 Å². The number of alkyl carbamates (subject to hydrolysis) is 1. The van der Waals surface area contributed by atoms with Crippen LogP contribution in [-0.4, -0.2) is 49.7 Å². The van der Waals surface area contributed by atoms with Gasteiger partial charge < -0.3 is 19.5 Å². The average molecular weight is 494 g/mol. The molecule has 9 heteroatoms. The molecule has 1 saturated heterocycles. The third-order valence-electron chi connectivity index (χ3n) is 6.52. The van der Waals surface area contributed by atoms with Crippen LogP contribution in [0.1, 0.15) is 44.1 Å². The number of rotatable bonds is 8. The van der Waals surface area contributed by atoms with Crippen LogP contribution in [0.25, 0.3) is 11.1 Å². The molecule has 2 atom stereocenters. The summed E-state index contributed by atoms with van der Waals surface area (Å²) in [4.78, 5) is 35.7. The van der Waals surface area contributed by atoms with Crippen molar-refractivity contribution in [1.29, 1.82) is 5.41 Å². The standard InChI is InChI=1S/C27H31N3O6/c1-34-27(33)30-25(28)19-8-6-17(7-9-19)18-10-12-22(13-11-18)35-16-21-14-20(26(32)29-21)15-24(31)36-23-4-2-3-5-23/h6-13,20-21,23H,2-5,14-16H2,1H3,(H,29,32)(H2,28,30,33)/t20-,21-/m0/s1. The van der Waals surface area contributed by atoms with E-state index in [9.17, 15) is 14.4 Å². The second kappa shape index (κ2) is 11.7. The molecule has 1 saturated carbocycles. The summed E-state index contributed by atoms with van der Waals surface area (Å²) in [6.07, 6.45) is 4.01. The van der Waals surface area contributed by atoms with Gasteiger partial charge in [0.15, 0.2) is 0 Å². The Morgan fingerprint density at radius 2 is 1.67 bits per heavy atom. The highest BCUT2D eigenvalue weighted by atomic mass is 16.5. The van der Waals surface area contributed by atoms with Crippen LogP contribution in [0, 0.1) is 11.3 Å². The zero-order valence-electron chi connectivity index (χ0n) is 20.3. The number of hydrogen-bond donors (Lipinski definition) is 3. The quantitative estimate of drug-likeness (QED) is 0.292. The molecule has 1 aliphatic carbocycles. The minimum Gasteiger partial charge on any atom is -0.491 e. The fourth-order valence-electron chi connectivity index (χ4n) is 4.55. The molecule has 2 amide bonds. The second-order valence-electron chi connectivity index (χ2n) is 9.14. The van der Waals surface area contributed by atoms with Gasteiger partial charge in [0.1, 0.15) is 24.3 Å². The first kappa shape index (κ1) is 25.2. The summed E-state index contributed by atoms with van der Waals surface area (Å²) < 4.78 is 15.9. The fraction of sp³-hybridized carbons (Fsp3) is 0.407. The number of carbonyl (C=O) groups is 3. The zero-order valence-corrected chi connectivity index (χ0v) is 20.3. The molecule has 0 bridgehead atoms. The van der Waals surface area contributed by atoms with E-state index in [2.05, 4.69) is 15.4 Å². The minimum absolute atomic E-state index is 0.0130. The van der Waals surface area contributed by atoms with Gasteiger partial charge in [-0.2, -0.15) is 0 Å². The van der Waals surface area contributed by atoms with Crippen LogP contribution in [0.4, 0.5) is 4.79 Å². The van der Waals surface area contributed by atoms with E-state index >= 15 is 0 Å². The third kappa shape index (κ3) is 6.62. The van der Waals surface area contributed by atoms with E-state index in [-0.39, 0.29) is 42.2 Å². The van der Waals surface area contributed by atoms with Crippen LogP contribution in [0.15, 0.2) is 48.5 Å². The van der Waals surface area contributed by atoms with Gasteiger partial charge in [0.05, 0.1) is 25.5 Å². The molecule has 0 aromatic heterocycles. The van der Waals surface area contributed by atoms with E-state index < -0.39 is 6.09 Å². The Hall–Kier alpha value is -3.88. The van der Waals surface area contributed by atoms with E-state index in [1.54, 1.807) is 12.1 Å². The number of amides is 2. The lowest BCUT2D eigenvalue weighted by molar-refractivity contribution is -0.151. The zero-order chi connectivity index (χ0) is 25.5. The van der Waals surface area contributed by atoms with Gasteiger partial charge in [0.25, 0.3) is 0 Å². The van der Waals surface area contributed by atoms with Crippen LogP contribution in [-0.2, 0) is 19.1 Å². The van der Waals surface area contributed by atoms with Crippen molar-refractivity contribution in [2.24, 2.45) is 5.92 Å². The van der Waals surface area contributed by atoms with Crippen molar-refractivity contribution in [1.82, 2.24) is 10.6 Å². The maximum absolute atomic E-state index is 12.3. The van der Waals surface area contributed by atoms with Crippen molar-refractivity contribution in [2.45, 2.75) is 50.7 Å². The van der Waals surface area contributed by atoms with Gasteiger partial charge in [-0.05, 0) is 55.4 Å². The molecule has 4 rings (SSSR count). The average Bonchev–Trinajstić information content (AvgIpc) is 3.52. The highest BCUT2D eigenvalue weighted by molar-refractivity contribution is 6.04. The number of ether oxygens (including phenoxy) is 3. The van der Waals surface area contributed by atoms with E-state index in [1.807, 2.05) is 36.4 Å². The molecule has 36 heavy (non-hydrogen) atoms. The highest BCUT2D eigenvalue weighted by Crippen LogP contribution is 2.26. The number of esters is 1. The number of methoxy groups -OCH3 is 1. The van der Waals surface area contributed by atoms with Crippen LogP contribution in [0.3, 0.4) is 0 Å². The number of hydrogen-bond acceptors (Lipinski definition) is 7. The Bertz CT molecular complexity index is 1090. The van der Waals surface area contributed by atoms with Crippen LogP contribution < -0.4 is 15.4 Å². The Labute approximate surface area is 210 Å². The van der Waals surface area contributed by atoms with E-state index in [1.165, 1.54) is 7.11 Å². The molecule has 0 spiro atoms. The largest absolute Gasteiger partial charge is 0.491 e. The fourth-order valence-corrected chi connectivity index (χ4v) is 4.55. The van der Waals surface area contributed by atoms with Gasteiger partial charge in [-0.1, -0.05) is 36.4 Å². The highest BCUT2D eigenvalue weighted by Gasteiger charge is 2.35. The third-order valence-corrected chi connectivity index (χ3v) is 6.52. The monoisotopic (exact) mass is 493 g/mol. The lowest BCUT2D eigenvalue weighted by Gasteiger charge is -2.13. The first-order valence-corrected chi connectivity index (χ1v) is 12.2. The summed E-state index contributed by atoms with van der Waals surface area (Å²) in [6, 6.07) is 14.7. The van der Waals surface area contributed by atoms with Crippen molar-refractivity contribution in [3.63, 3.8) is 0 Å². The smallest absolute Gasteiger partial charge is 0.412 e. The van der Waals surface area contributed by atoms with E-state index in [0.717, 1.165) is 36.8 Å².